The van der Waals surface area contributed by atoms with Crippen LogP contribution in [0.25, 0.3) is 0 Å². The average molecular weight is 388 g/mol. The van der Waals surface area contributed by atoms with Gasteiger partial charge in [0.1, 0.15) is 11.7 Å². The summed E-state index contributed by atoms with van der Waals surface area (Å²) in [6.45, 7) is 6.69. The van der Waals surface area contributed by atoms with Crippen molar-refractivity contribution < 1.29 is 36.5 Å². The van der Waals surface area contributed by atoms with Crippen LogP contribution in [0.5, 0.6) is 5.75 Å². The van der Waals surface area contributed by atoms with Crippen molar-refractivity contribution in [3.63, 3.8) is 0 Å². The highest BCUT2D eigenvalue weighted by molar-refractivity contribution is 7.79. The third-order valence-corrected chi connectivity index (χ3v) is 3.85. The lowest BCUT2D eigenvalue weighted by molar-refractivity contribution is -0.143. The first-order valence-corrected chi connectivity index (χ1v) is 9.52. The van der Waals surface area contributed by atoms with Crippen LogP contribution in [0.4, 0.5) is 0 Å². The fourth-order valence-corrected chi connectivity index (χ4v) is 2.99. The van der Waals surface area contributed by atoms with Gasteiger partial charge in [-0.2, -0.15) is 4.74 Å². The van der Waals surface area contributed by atoms with E-state index in [0.29, 0.717) is 19.6 Å². The normalized spacial score (nSPS) is 18.3. The number of benzene rings is 1. The molecule has 1 aliphatic carbocycles. The van der Waals surface area contributed by atoms with Crippen LogP contribution < -0.4 is 4.74 Å². The van der Waals surface area contributed by atoms with Crippen molar-refractivity contribution >= 4 is 16.4 Å². The van der Waals surface area contributed by atoms with Gasteiger partial charge in [-0.25, -0.2) is 8.42 Å². The third-order valence-electron chi connectivity index (χ3n) is 3.85. The van der Waals surface area contributed by atoms with Crippen molar-refractivity contribution in [2.45, 2.75) is 32.6 Å². The molecule has 0 unspecified atom stereocenters. The molecule has 9 heteroatoms. The molecular weight excluding hydrogens is 364 g/mol. The topological polar surface area (TPSA) is 122 Å². The molecule has 0 fully saturated rings. The molecule has 0 saturated carbocycles. The first-order valence-electron chi connectivity index (χ1n) is 8.15. The van der Waals surface area contributed by atoms with E-state index in [0.717, 1.165) is 17.7 Å². The smallest absolute Gasteiger partial charge is 0.306 e. The molecule has 0 saturated heterocycles. The van der Waals surface area contributed by atoms with Crippen molar-refractivity contribution in [3.8, 4) is 5.75 Å². The maximum Gasteiger partial charge on any atom is 0.306 e. The van der Waals surface area contributed by atoms with Crippen LogP contribution in [0.2, 0.25) is 0 Å². The van der Waals surface area contributed by atoms with E-state index < -0.39 is 10.4 Å². The van der Waals surface area contributed by atoms with E-state index in [2.05, 4.69) is 6.07 Å². The molecule has 0 radical (unpaired) electrons. The first-order chi connectivity index (χ1) is 12.2. The molecule has 26 heavy (non-hydrogen) atoms. The zero-order chi connectivity index (χ0) is 19.7. The lowest BCUT2D eigenvalue weighted by Gasteiger charge is -2.16. The van der Waals surface area contributed by atoms with E-state index in [4.69, 9.17) is 31.7 Å². The minimum absolute atomic E-state index is 0.0572. The van der Waals surface area contributed by atoms with Crippen molar-refractivity contribution in [1.82, 2.24) is 0 Å². The Hall–Kier alpha value is -1.81. The van der Waals surface area contributed by atoms with Gasteiger partial charge in [0.2, 0.25) is 17.0 Å². The summed E-state index contributed by atoms with van der Waals surface area (Å²) in [4.78, 5) is 11.9. The van der Waals surface area contributed by atoms with Crippen LogP contribution in [-0.4, -0.2) is 43.8 Å². The van der Waals surface area contributed by atoms with E-state index in [1.807, 2.05) is 32.6 Å². The number of esters is 1. The van der Waals surface area contributed by atoms with Crippen LogP contribution in [0, 0.1) is 12.5 Å². The van der Waals surface area contributed by atoms with Gasteiger partial charge >= 0.3 is 5.97 Å². The predicted molar refractivity (Wildman–Crippen MR) is 92.4 cm³/mol. The Bertz CT molecular complexity index is 678. The Morgan fingerprint density at radius 3 is 2.54 bits per heavy atom. The molecule has 1 aromatic carbocycles. The van der Waals surface area contributed by atoms with Crippen molar-refractivity contribution in [3.05, 3.63) is 35.9 Å². The fraction of sp³-hybridized carbons (Fsp3) is 0.529. The Balaban J connectivity index is 0.000000597. The number of methoxy groups -OCH3 is 1. The number of rotatable bonds is 7. The summed E-state index contributed by atoms with van der Waals surface area (Å²) in [5.74, 6) is 0.910. The molecule has 0 heterocycles. The molecule has 146 valence electrons. The summed E-state index contributed by atoms with van der Waals surface area (Å²) in [5, 5.41) is 0. The third kappa shape index (κ3) is 7.20. The van der Waals surface area contributed by atoms with Gasteiger partial charge < -0.3 is 14.0 Å². The lowest BCUT2D eigenvalue weighted by atomic mass is 9.89. The molecule has 0 amide bonds. The second-order valence-electron chi connectivity index (χ2n) is 5.54. The van der Waals surface area contributed by atoms with Crippen LogP contribution in [0.1, 0.15) is 37.3 Å². The molecule has 8 nitrogen and oxygen atoms in total. The summed E-state index contributed by atoms with van der Waals surface area (Å²) in [5.41, 5.74) is 2.35. The van der Waals surface area contributed by atoms with Crippen molar-refractivity contribution in [1.29, 1.82) is 0 Å². The van der Waals surface area contributed by atoms with E-state index >= 15 is 0 Å². The quantitative estimate of drug-likeness (QED) is 0.326. The molecular formula is C17H24O8S. The molecule has 1 aromatic rings. The minimum Gasteiger partial charge on any atom is -0.726 e. The van der Waals surface area contributed by atoms with Crippen LogP contribution >= 0.6 is 0 Å². The average Bonchev–Trinajstić information content (AvgIpc) is 2.89. The number of carbonyl (C=O) groups excluding carboxylic acids is 1. The fourth-order valence-electron chi connectivity index (χ4n) is 2.99. The molecule has 0 bridgehead atoms. The van der Waals surface area contributed by atoms with Crippen LogP contribution in [0.3, 0.4) is 0 Å². The number of carbonyl (C=O) groups is 1. The van der Waals surface area contributed by atoms with Gasteiger partial charge in [0.25, 0.3) is 0 Å². The molecule has 1 aliphatic rings. The molecule has 2 rings (SSSR count). The Morgan fingerprint density at radius 2 is 2.00 bits per heavy atom. The van der Waals surface area contributed by atoms with Gasteiger partial charge in [-0.3, -0.25) is 9.35 Å². The Morgan fingerprint density at radius 1 is 1.35 bits per heavy atom. The first kappa shape index (κ1) is 22.2. The molecule has 0 spiro atoms. The van der Waals surface area contributed by atoms with E-state index in [1.165, 1.54) is 5.56 Å². The van der Waals surface area contributed by atoms with E-state index in [-0.39, 0.29) is 17.8 Å². The van der Waals surface area contributed by atoms with Gasteiger partial charge in [0, 0.05) is 17.9 Å². The number of hydrogen-bond acceptors (Lipinski definition) is 7. The SMILES string of the molecule is CCO[CH+][C@@H]1Cc2cccc(OC)c2[C@@H]1CC(=O)OCC.O=S(=O)([O-])O. The monoisotopic (exact) mass is 388 g/mol. The second kappa shape index (κ2) is 10.4. The van der Waals surface area contributed by atoms with Gasteiger partial charge in [-0.05, 0) is 25.5 Å². The number of fused-ring (bicyclic) bond motifs is 1. The zero-order valence-corrected chi connectivity index (χ0v) is 15.8. The highest BCUT2D eigenvalue weighted by atomic mass is 32.3. The number of hydrogen-bond donors (Lipinski definition) is 1. The number of ether oxygens (including phenoxy) is 3. The second-order valence-corrected chi connectivity index (χ2v) is 6.39. The van der Waals surface area contributed by atoms with Gasteiger partial charge in [0.05, 0.1) is 26.7 Å². The van der Waals surface area contributed by atoms with Crippen molar-refractivity contribution in [2.24, 2.45) is 5.92 Å². The molecule has 2 atom stereocenters. The maximum atomic E-state index is 11.9. The van der Waals surface area contributed by atoms with Crippen molar-refractivity contribution in [2.75, 3.05) is 20.3 Å². The van der Waals surface area contributed by atoms with Gasteiger partial charge in [-0.1, -0.05) is 12.1 Å². The summed E-state index contributed by atoms with van der Waals surface area (Å²) < 4.78 is 48.9. The largest absolute Gasteiger partial charge is 0.726 e. The van der Waals surface area contributed by atoms with E-state index in [1.54, 1.807) is 7.11 Å². The predicted octanol–water partition coefficient (Wildman–Crippen LogP) is 2.11. The molecule has 1 N–H and O–H groups in total. The van der Waals surface area contributed by atoms with Gasteiger partial charge in [0.15, 0.2) is 0 Å². The Labute approximate surface area is 154 Å². The Kier molecular flexibility index (Phi) is 8.86. The van der Waals surface area contributed by atoms with Gasteiger partial charge in [-0.15, -0.1) is 0 Å². The summed E-state index contributed by atoms with van der Waals surface area (Å²) in [6.07, 6.45) is 1.23. The summed E-state index contributed by atoms with van der Waals surface area (Å²) in [7, 11) is -3.25. The van der Waals surface area contributed by atoms with Crippen LogP contribution in [-0.2, 0) is 31.1 Å². The van der Waals surface area contributed by atoms with Crippen LogP contribution in [0.15, 0.2) is 18.2 Å². The molecule has 0 aromatic heterocycles. The summed E-state index contributed by atoms with van der Waals surface area (Å²) >= 11 is 0. The minimum atomic E-state index is -4.92. The highest BCUT2D eigenvalue weighted by Crippen LogP contribution is 2.46. The summed E-state index contributed by atoms with van der Waals surface area (Å²) in [6, 6.07) is 6.03. The standard InChI is InChI=1S/C17H23O4.H2O4S/c1-4-20-11-13-9-12-7-6-8-15(19-3)17(12)14(13)10-16(18)21-5-2;1-5(2,3)4/h6-8,11,13-14H,4-5,9-10H2,1-3H3;(H2,1,2,3,4)/q+1;/p-1/t13-,14+;/m0./s1. The molecule has 0 aliphatic heterocycles. The lowest BCUT2D eigenvalue weighted by Crippen LogP contribution is -2.16. The van der Waals surface area contributed by atoms with E-state index in [9.17, 15) is 4.79 Å². The maximum absolute atomic E-state index is 11.9. The zero-order valence-electron chi connectivity index (χ0n) is 15.0. The highest BCUT2D eigenvalue weighted by Gasteiger charge is 2.42.